The number of aromatic nitrogens is 4. The molecule has 86 valence electrons. The summed E-state index contributed by atoms with van der Waals surface area (Å²) < 4.78 is 3.72. The van der Waals surface area contributed by atoms with Crippen LogP contribution in [0.3, 0.4) is 0 Å². The summed E-state index contributed by atoms with van der Waals surface area (Å²) in [7, 11) is 0. The van der Waals surface area contributed by atoms with Crippen molar-refractivity contribution < 1.29 is 0 Å². The molecule has 6 heteroatoms. The van der Waals surface area contributed by atoms with Crippen LogP contribution in [0.1, 0.15) is 19.5 Å². The van der Waals surface area contributed by atoms with Crippen LogP contribution in [-0.4, -0.2) is 19.3 Å². The summed E-state index contributed by atoms with van der Waals surface area (Å²) in [6, 6.07) is 0. The minimum absolute atomic E-state index is 0.0660. The third kappa shape index (κ3) is 1.41. The molecule has 0 spiro atoms. The van der Waals surface area contributed by atoms with Crippen LogP contribution in [0, 0.1) is 11.7 Å². The summed E-state index contributed by atoms with van der Waals surface area (Å²) in [6.07, 6.45) is 0. The molecule has 0 aliphatic carbocycles. The molecule has 0 radical (unpaired) electrons. The second kappa shape index (κ2) is 3.86. The maximum Gasteiger partial charge on any atom is 0.280 e. The predicted molar refractivity (Wildman–Crippen MR) is 65.3 cm³/mol. The molecule has 2 heterocycles. The van der Waals surface area contributed by atoms with Gasteiger partial charge in [0, 0.05) is 13.1 Å². The number of fused-ring (bicyclic) bond motifs is 1. The smallest absolute Gasteiger partial charge is 0.280 e. The third-order valence-electron chi connectivity index (χ3n) is 2.67. The van der Waals surface area contributed by atoms with Crippen LogP contribution in [0.2, 0.25) is 0 Å². The standard InChI is InChI=1S/C10H14N4OS/c1-4-13-9(15)8-7(11-10(13)16)6(3)12-14(8)5-2/h4-5H2,1-3H3,(H,11,16). The molecule has 2 aromatic heterocycles. The van der Waals surface area contributed by atoms with Crippen molar-refractivity contribution in [3.8, 4) is 0 Å². The first kappa shape index (κ1) is 11.1. The lowest BCUT2D eigenvalue weighted by Gasteiger charge is -2.03. The fourth-order valence-corrected chi connectivity index (χ4v) is 2.17. The normalized spacial score (nSPS) is 11.2. The fourth-order valence-electron chi connectivity index (χ4n) is 1.86. The van der Waals surface area contributed by atoms with Crippen molar-refractivity contribution in [2.45, 2.75) is 33.9 Å². The summed E-state index contributed by atoms with van der Waals surface area (Å²) in [6.45, 7) is 6.97. The summed E-state index contributed by atoms with van der Waals surface area (Å²) in [5, 5.41) is 4.31. The molecule has 16 heavy (non-hydrogen) atoms. The van der Waals surface area contributed by atoms with Gasteiger partial charge in [-0.15, -0.1) is 0 Å². The Kier molecular flexibility index (Phi) is 2.67. The zero-order valence-electron chi connectivity index (χ0n) is 9.57. The number of hydrogen-bond acceptors (Lipinski definition) is 3. The van der Waals surface area contributed by atoms with E-state index in [2.05, 4.69) is 10.1 Å². The predicted octanol–water partition coefficient (Wildman–Crippen LogP) is 1.60. The second-order valence-electron chi connectivity index (χ2n) is 3.60. The number of aryl methyl sites for hydroxylation is 2. The molecule has 0 unspecified atom stereocenters. The van der Waals surface area contributed by atoms with Gasteiger partial charge in [0.05, 0.1) is 11.2 Å². The quantitative estimate of drug-likeness (QED) is 0.809. The van der Waals surface area contributed by atoms with Crippen LogP contribution in [0.4, 0.5) is 0 Å². The number of nitrogens with one attached hydrogen (secondary N) is 1. The average molecular weight is 238 g/mol. The maximum absolute atomic E-state index is 12.2. The van der Waals surface area contributed by atoms with E-state index in [1.54, 1.807) is 9.25 Å². The first-order chi connectivity index (χ1) is 7.60. The Labute approximate surface area is 97.7 Å². The van der Waals surface area contributed by atoms with E-state index in [9.17, 15) is 4.79 Å². The largest absolute Gasteiger partial charge is 0.329 e. The van der Waals surface area contributed by atoms with Gasteiger partial charge in [0.25, 0.3) is 5.56 Å². The van der Waals surface area contributed by atoms with Gasteiger partial charge in [-0.2, -0.15) is 5.10 Å². The van der Waals surface area contributed by atoms with E-state index >= 15 is 0 Å². The lowest BCUT2D eigenvalue weighted by molar-refractivity contribution is 0.657. The van der Waals surface area contributed by atoms with E-state index < -0.39 is 0 Å². The Morgan fingerprint density at radius 2 is 2.06 bits per heavy atom. The lowest BCUT2D eigenvalue weighted by Crippen LogP contribution is -2.23. The van der Waals surface area contributed by atoms with Gasteiger partial charge in [-0.1, -0.05) is 0 Å². The van der Waals surface area contributed by atoms with Crippen LogP contribution in [0.5, 0.6) is 0 Å². The Morgan fingerprint density at radius 3 is 2.62 bits per heavy atom. The average Bonchev–Trinajstić information content (AvgIpc) is 2.56. The molecule has 0 saturated heterocycles. The van der Waals surface area contributed by atoms with Crippen molar-refractivity contribution in [2.75, 3.05) is 0 Å². The van der Waals surface area contributed by atoms with Crippen molar-refractivity contribution in [1.82, 2.24) is 19.3 Å². The van der Waals surface area contributed by atoms with Crippen molar-refractivity contribution >= 4 is 23.3 Å². The third-order valence-corrected chi connectivity index (χ3v) is 2.99. The molecule has 0 bridgehead atoms. The van der Waals surface area contributed by atoms with Crippen LogP contribution >= 0.6 is 12.2 Å². The minimum atomic E-state index is -0.0660. The molecule has 0 saturated carbocycles. The van der Waals surface area contributed by atoms with Gasteiger partial charge < -0.3 is 4.98 Å². The summed E-state index contributed by atoms with van der Waals surface area (Å²) in [5.74, 6) is 0. The van der Waals surface area contributed by atoms with Gasteiger partial charge >= 0.3 is 0 Å². The Bertz CT molecular complexity index is 649. The number of aromatic amines is 1. The Balaban J connectivity index is 3.02. The van der Waals surface area contributed by atoms with E-state index in [0.717, 1.165) is 11.2 Å². The van der Waals surface area contributed by atoms with Gasteiger partial charge in [0.1, 0.15) is 0 Å². The Hall–Kier alpha value is -1.43. The minimum Gasteiger partial charge on any atom is -0.329 e. The molecule has 1 N–H and O–H groups in total. The zero-order valence-corrected chi connectivity index (χ0v) is 10.4. The van der Waals surface area contributed by atoms with E-state index in [-0.39, 0.29) is 5.56 Å². The Morgan fingerprint density at radius 1 is 1.38 bits per heavy atom. The highest BCUT2D eigenvalue weighted by atomic mass is 32.1. The molecule has 0 amide bonds. The van der Waals surface area contributed by atoms with E-state index in [4.69, 9.17) is 12.2 Å². The van der Waals surface area contributed by atoms with E-state index in [0.29, 0.717) is 23.4 Å². The fraction of sp³-hybridized carbons (Fsp3) is 0.500. The molecule has 0 aliphatic rings. The molecule has 2 rings (SSSR count). The van der Waals surface area contributed by atoms with Gasteiger partial charge in [0.2, 0.25) is 0 Å². The first-order valence-corrected chi connectivity index (χ1v) is 5.71. The van der Waals surface area contributed by atoms with Crippen molar-refractivity contribution in [2.24, 2.45) is 0 Å². The molecular formula is C10H14N4OS. The number of rotatable bonds is 2. The van der Waals surface area contributed by atoms with Gasteiger partial charge in [-0.25, -0.2) is 0 Å². The van der Waals surface area contributed by atoms with Crippen LogP contribution < -0.4 is 5.56 Å². The molecule has 0 aromatic carbocycles. The van der Waals surface area contributed by atoms with Crippen molar-refractivity contribution in [3.05, 3.63) is 20.8 Å². The molecular weight excluding hydrogens is 224 g/mol. The highest BCUT2D eigenvalue weighted by Crippen LogP contribution is 2.11. The topological polar surface area (TPSA) is 55.6 Å². The highest BCUT2D eigenvalue weighted by Gasteiger charge is 2.12. The maximum atomic E-state index is 12.2. The zero-order chi connectivity index (χ0) is 11.9. The molecule has 0 atom stereocenters. The van der Waals surface area contributed by atoms with Gasteiger partial charge in [-0.05, 0) is 33.0 Å². The molecule has 2 aromatic rings. The first-order valence-electron chi connectivity index (χ1n) is 5.30. The molecule has 5 nitrogen and oxygen atoms in total. The lowest BCUT2D eigenvalue weighted by atomic mass is 10.3. The van der Waals surface area contributed by atoms with Crippen LogP contribution in [-0.2, 0) is 13.1 Å². The summed E-state index contributed by atoms with van der Waals surface area (Å²) in [5.41, 5.74) is 2.10. The van der Waals surface area contributed by atoms with E-state index in [1.165, 1.54) is 0 Å². The second-order valence-corrected chi connectivity index (χ2v) is 3.99. The summed E-state index contributed by atoms with van der Waals surface area (Å²) in [4.78, 5) is 15.3. The van der Waals surface area contributed by atoms with Crippen molar-refractivity contribution in [1.29, 1.82) is 0 Å². The highest BCUT2D eigenvalue weighted by molar-refractivity contribution is 7.71. The summed E-state index contributed by atoms with van der Waals surface area (Å²) >= 11 is 5.14. The number of H-pyrrole nitrogens is 1. The van der Waals surface area contributed by atoms with Crippen LogP contribution in [0.25, 0.3) is 11.0 Å². The monoisotopic (exact) mass is 238 g/mol. The number of nitrogens with zero attached hydrogens (tertiary/aromatic N) is 3. The van der Waals surface area contributed by atoms with E-state index in [1.807, 2.05) is 20.8 Å². The van der Waals surface area contributed by atoms with Crippen LogP contribution in [0.15, 0.2) is 4.79 Å². The molecule has 0 fully saturated rings. The molecule has 0 aliphatic heterocycles. The van der Waals surface area contributed by atoms with Gasteiger partial charge in [0.15, 0.2) is 10.3 Å². The number of hydrogen-bond donors (Lipinski definition) is 1. The van der Waals surface area contributed by atoms with Crippen molar-refractivity contribution in [3.63, 3.8) is 0 Å². The SMILES string of the molecule is CCn1c(=S)[nH]c2c(C)nn(CC)c2c1=O. The van der Waals surface area contributed by atoms with Gasteiger partial charge in [-0.3, -0.25) is 14.0 Å².